The van der Waals surface area contributed by atoms with Crippen LogP contribution in [-0.2, 0) is 6.42 Å². The van der Waals surface area contributed by atoms with Gasteiger partial charge < -0.3 is 5.32 Å². The molecule has 0 aliphatic heterocycles. The maximum Gasteiger partial charge on any atom is 0.123 e. The second-order valence-electron chi connectivity index (χ2n) is 5.29. The fourth-order valence-electron chi connectivity index (χ4n) is 2.47. The molecule has 1 nitrogen and oxygen atoms in total. The van der Waals surface area contributed by atoms with Gasteiger partial charge in [-0.3, -0.25) is 0 Å². The summed E-state index contributed by atoms with van der Waals surface area (Å²) >= 11 is 3.53. The van der Waals surface area contributed by atoms with Crippen molar-refractivity contribution in [2.24, 2.45) is 0 Å². The third-order valence-corrected chi connectivity index (χ3v) is 4.00. The minimum absolute atomic E-state index is 0.165. The molecule has 0 aromatic heterocycles. The van der Waals surface area contributed by atoms with Crippen molar-refractivity contribution in [3.8, 4) is 0 Å². The molecule has 0 saturated carbocycles. The highest BCUT2D eigenvalue weighted by atomic mass is 79.9. The van der Waals surface area contributed by atoms with Crippen LogP contribution in [0, 0.1) is 5.82 Å². The van der Waals surface area contributed by atoms with Crippen molar-refractivity contribution in [3.63, 3.8) is 0 Å². The van der Waals surface area contributed by atoms with Crippen LogP contribution in [0.4, 0.5) is 4.39 Å². The highest BCUT2D eigenvalue weighted by Gasteiger charge is 2.13. The molecule has 0 saturated heterocycles. The van der Waals surface area contributed by atoms with Gasteiger partial charge in [-0.2, -0.15) is 0 Å². The normalized spacial score (nSPS) is 12.3. The summed E-state index contributed by atoms with van der Waals surface area (Å²) in [5, 5.41) is 3.48. The number of hydrogen-bond acceptors (Lipinski definition) is 1. The smallest absolute Gasteiger partial charge is 0.123 e. The van der Waals surface area contributed by atoms with E-state index in [4.69, 9.17) is 0 Å². The molecule has 0 aliphatic rings. The summed E-state index contributed by atoms with van der Waals surface area (Å²) in [4.78, 5) is 0. The predicted molar refractivity (Wildman–Crippen MR) is 90.1 cm³/mol. The van der Waals surface area contributed by atoms with Crippen molar-refractivity contribution < 1.29 is 4.39 Å². The fraction of sp³-hybridized carbons (Fsp3) is 0.333. The monoisotopic (exact) mass is 349 g/mol. The van der Waals surface area contributed by atoms with E-state index in [1.54, 1.807) is 12.1 Å². The topological polar surface area (TPSA) is 12.0 Å². The molecule has 21 heavy (non-hydrogen) atoms. The Labute approximate surface area is 134 Å². The lowest BCUT2D eigenvalue weighted by molar-refractivity contribution is 0.573. The highest BCUT2D eigenvalue weighted by Crippen LogP contribution is 2.23. The maximum absolute atomic E-state index is 13.4. The van der Waals surface area contributed by atoms with Gasteiger partial charge in [0.25, 0.3) is 0 Å². The molecule has 1 atom stereocenters. The molecule has 2 rings (SSSR count). The first-order valence-corrected chi connectivity index (χ1v) is 8.19. The summed E-state index contributed by atoms with van der Waals surface area (Å²) in [7, 11) is 0. The molecular formula is C18H21BrFN. The van der Waals surface area contributed by atoms with E-state index >= 15 is 0 Å². The maximum atomic E-state index is 13.4. The van der Waals surface area contributed by atoms with E-state index in [1.807, 2.05) is 12.1 Å². The Morgan fingerprint density at radius 3 is 2.67 bits per heavy atom. The van der Waals surface area contributed by atoms with Crippen molar-refractivity contribution >= 4 is 15.9 Å². The average Bonchev–Trinajstić information content (AvgIpc) is 2.46. The van der Waals surface area contributed by atoms with Gasteiger partial charge in [-0.1, -0.05) is 47.1 Å². The van der Waals surface area contributed by atoms with E-state index < -0.39 is 0 Å². The number of hydrogen-bond donors (Lipinski definition) is 1. The lowest BCUT2D eigenvalue weighted by Crippen LogP contribution is -2.23. The van der Waals surface area contributed by atoms with Crippen molar-refractivity contribution in [1.29, 1.82) is 0 Å². The number of benzene rings is 2. The summed E-state index contributed by atoms with van der Waals surface area (Å²) in [6.45, 7) is 4.07. The summed E-state index contributed by atoms with van der Waals surface area (Å²) in [6.07, 6.45) is 1.95. The van der Waals surface area contributed by atoms with Gasteiger partial charge in [0.1, 0.15) is 5.82 Å². The SMILES string of the molecule is CCCNCC(Cc1cccc(F)c1)c1cccc(Br)c1. The third-order valence-electron chi connectivity index (χ3n) is 3.51. The van der Waals surface area contributed by atoms with Crippen molar-refractivity contribution in [2.45, 2.75) is 25.7 Å². The minimum atomic E-state index is -0.165. The molecule has 2 aromatic rings. The van der Waals surface area contributed by atoms with E-state index in [9.17, 15) is 4.39 Å². The second kappa shape index (κ2) is 8.30. The molecule has 0 aliphatic carbocycles. The Morgan fingerprint density at radius 2 is 1.95 bits per heavy atom. The van der Waals surface area contributed by atoms with Crippen LogP contribution in [0.5, 0.6) is 0 Å². The van der Waals surface area contributed by atoms with Gasteiger partial charge in [0.15, 0.2) is 0 Å². The zero-order chi connectivity index (χ0) is 15.1. The molecule has 1 unspecified atom stereocenters. The first-order valence-electron chi connectivity index (χ1n) is 7.39. The second-order valence-corrected chi connectivity index (χ2v) is 6.21. The first-order chi connectivity index (χ1) is 10.2. The van der Waals surface area contributed by atoms with Crippen molar-refractivity contribution in [3.05, 3.63) is 69.9 Å². The molecule has 3 heteroatoms. The average molecular weight is 350 g/mol. The standard InChI is InChI=1S/C18H21BrFN/c1-2-9-21-13-16(15-6-4-7-17(19)12-15)10-14-5-3-8-18(20)11-14/h3-8,11-12,16,21H,2,9-10,13H2,1H3. The van der Waals surface area contributed by atoms with Gasteiger partial charge in [0.2, 0.25) is 0 Å². The third kappa shape index (κ3) is 5.25. The Kier molecular flexibility index (Phi) is 6.40. The summed E-state index contributed by atoms with van der Waals surface area (Å²) in [6, 6.07) is 15.3. The Bertz CT molecular complexity index is 571. The highest BCUT2D eigenvalue weighted by molar-refractivity contribution is 9.10. The number of nitrogens with one attached hydrogen (secondary N) is 1. The Morgan fingerprint density at radius 1 is 1.14 bits per heavy atom. The molecule has 0 bridgehead atoms. The molecule has 0 amide bonds. The van der Waals surface area contributed by atoms with E-state index in [1.165, 1.54) is 11.6 Å². The molecule has 0 radical (unpaired) electrons. The van der Waals surface area contributed by atoms with Crippen LogP contribution in [0.3, 0.4) is 0 Å². The van der Waals surface area contributed by atoms with Gasteiger partial charge in [-0.15, -0.1) is 0 Å². The van der Waals surface area contributed by atoms with Gasteiger partial charge in [0, 0.05) is 16.9 Å². The molecule has 0 spiro atoms. The summed E-state index contributed by atoms with van der Waals surface area (Å²) < 4.78 is 14.5. The molecule has 0 heterocycles. The zero-order valence-electron chi connectivity index (χ0n) is 12.3. The molecular weight excluding hydrogens is 329 g/mol. The Balaban J connectivity index is 2.15. The molecule has 2 aromatic carbocycles. The fourth-order valence-corrected chi connectivity index (χ4v) is 2.89. The zero-order valence-corrected chi connectivity index (χ0v) is 13.9. The van der Waals surface area contributed by atoms with Crippen LogP contribution in [0.25, 0.3) is 0 Å². The van der Waals surface area contributed by atoms with Crippen LogP contribution >= 0.6 is 15.9 Å². The molecule has 1 N–H and O–H groups in total. The quantitative estimate of drug-likeness (QED) is 0.700. The van der Waals surface area contributed by atoms with Crippen molar-refractivity contribution in [1.82, 2.24) is 5.32 Å². The van der Waals surface area contributed by atoms with E-state index in [0.717, 1.165) is 36.0 Å². The molecule has 0 fully saturated rings. The van der Waals surface area contributed by atoms with E-state index in [0.29, 0.717) is 5.92 Å². The number of halogens is 2. The first kappa shape index (κ1) is 16.2. The largest absolute Gasteiger partial charge is 0.316 e. The van der Waals surface area contributed by atoms with Crippen LogP contribution in [0.1, 0.15) is 30.4 Å². The van der Waals surface area contributed by atoms with Gasteiger partial charge in [-0.05, 0) is 54.8 Å². The van der Waals surface area contributed by atoms with Crippen molar-refractivity contribution in [2.75, 3.05) is 13.1 Å². The van der Waals surface area contributed by atoms with E-state index in [-0.39, 0.29) is 5.82 Å². The van der Waals surface area contributed by atoms with Crippen LogP contribution in [0.15, 0.2) is 53.0 Å². The van der Waals surface area contributed by atoms with Gasteiger partial charge >= 0.3 is 0 Å². The minimum Gasteiger partial charge on any atom is -0.316 e. The van der Waals surface area contributed by atoms with Gasteiger partial charge in [0.05, 0.1) is 0 Å². The predicted octanol–water partition coefficient (Wildman–Crippen LogP) is 4.91. The number of rotatable bonds is 7. The Hall–Kier alpha value is -1.19. The van der Waals surface area contributed by atoms with E-state index in [2.05, 4.69) is 46.4 Å². The lowest BCUT2D eigenvalue weighted by atomic mass is 9.92. The van der Waals surface area contributed by atoms with Crippen LogP contribution in [0.2, 0.25) is 0 Å². The lowest BCUT2D eigenvalue weighted by Gasteiger charge is -2.19. The summed E-state index contributed by atoms with van der Waals surface area (Å²) in [5.41, 5.74) is 2.32. The van der Waals surface area contributed by atoms with Crippen LogP contribution in [-0.4, -0.2) is 13.1 Å². The van der Waals surface area contributed by atoms with Crippen LogP contribution < -0.4 is 5.32 Å². The summed E-state index contributed by atoms with van der Waals surface area (Å²) in [5.74, 6) is 0.179. The molecule has 112 valence electrons. The van der Waals surface area contributed by atoms with Gasteiger partial charge in [-0.25, -0.2) is 4.39 Å².